The smallest absolute Gasteiger partial charge is 0.256 e. The van der Waals surface area contributed by atoms with Gasteiger partial charge >= 0.3 is 0 Å². The van der Waals surface area contributed by atoms with Gasteiger partial charge in [-0.2, -0.15) is 0 Å². The van der Waals surface area contributed by atoms with Gasteiger partial charge < -0.3 is 10.1 Å². The van der Waals surface area contributed by atoms with Crippen molar-refractivity contribution in [2.24, 2.45) is 0 Å². The van der Waals surface area contributed by atoms with Gasteiger partial charge in [0.2, 0.25) is 0 Å². The zero-order valence-corrected chi connectivity index (χ0v) is 18.6. The van der Waals surface area contributed by atoms with Crippen molar-refractivity contribution in [3.05, 3.63) is 87.3 Å². The molecule has 4 rings (SSSR count). The van der Waals surface area contributed by atoms with Crippen molar-refractivity contribution >= 4 is 54.4 Å². The minimum Gasteiger partial charge on any atom is -0.497 e. The third-order valence-electron chi connectivity index (χ3n) is 4.51. The van der Waals surface area contributed by atoms with Crippen molar-refractivity contribution in [2.45, 2.75) is 0 Å². The third kappa shape index (κ3) is 4.18. The number of halogens is 2. The van der Waals surface area contributed by atoms with E-state index < -0.39 is 0 Å². The molecule has 0 aliphatic carbocycles. The van der Waals surface area contributed by atoms with Gasteiger partial charge in [-0.1, -0.05) is 46.3 Å². The van der Waals surface area contributed by atoms with Crippen LogP contribution >= 0.6 is 31.9 Å². The Morgan fingerprint density at radius 2 is 1.79 bits per heavy atom. The highest BCUT2D eigenvalue weighted by Gasteiger charge is 2.15. The molecular formula is C23H16Br2N2O2. The summed E-state index contributed by atoms with van der Waals surface area (Å²) in [5.41, 5.74) is 3.61. The molecule has 1 N–H and O–H groups in total. The van der Waals surface area contributed by atoms with Crippen molar-refractivity contribution in [1.82, 2.24) is 4.98 Å². The Morgan fingerprint density at radius 3 is 2.59 bits per heavy atom. The van der Waals surface area contributed by atoms with Gasteiger partial charge in [0.1, 0.15) is 5.75 Å². The van der Waals surface area contributed by atoms with Crippen LogP contribution in [-0.2, 0) is 0 Å². The Morgan fingerprint density at radius 1 is 0.966 bits per heavy atom. The van der Waals surface area contributed by atoms with Gasteiger partial charge in [0, 0.05) is 19.9 Å². The maximum Gasteiger partial charge on any atom is 0.256 e. The molecule has 0 unspecified atom stereocenters. The highest BCUT2D eigenvalue weighted by atomic mass is 79.9. The first kappa shape index (κ1) is 19.6. The second kappa shape index (κ2) is 8.35. The summed E-state index contributed by atoms with van der Waals surface area (Å²) in [5.74, 6) is 0.540. The summed E-state index contributed by atoms with van der Waals surface area (Å²) in [7, 11) is 1.63. The highest BCUT2D eigenvalue weighted by molar-refractivity contribution is 9.11. The molecule has 0 saturated carbocycles. The zero-order valence-electron chi connectivity index (χ0n) is 15.4. The van der Waals surface area contributed by atoms with E-state index in [-0.39, 0.29) is 5.91 Å². The van der Waals surface area contributed by atoms with Crippen LogP contribution in [0.3, 0.4) is 0 Å². The predicted molar refractivity (Wildman–Crippen MR) is 124 cm³/mol. The molecule has 0 saturated heterocycles. The SMILES string of the molecule is COc1cccc(-c2cc(C(=O)Nc3ccc(Br)cc3Br)c3ccccc3n2)c1. The summed E-state index contributed by atoms with van der Waals surface area (Å²) < 4.78 is 7.05. The molecule has 0 radical (unpaired) electrons. The van der Waals surface area contributed by atoms with E-state index >= 15 is 0 Å². The minimum absolute atomic E-state index is 0.198. The molecule has 6 heteroatoms. The highest BCUT2D eigenvalue weighted by Crippen LogP contribution is 2.30. The fourth-order valence-corrected chi connectivity index (χ4v) is 4.22. The van der Waals surface area contributed by atoms with Crippen molar-refractivity contribution in [1.29, 1.82) is 0 Å². The number of nitrogens with one attached hydrogen (secondary N) is 1. The van der Waals surface area contributed by atoms with E-state index in [4.69, 9.17) is 9.72 Å². The summed E-state index contributed by atoms with van der Waals surface area (Å²) in [6, 6.07) is 22.7. The molecule has 4 aromatic rings. The van der Waals surface area contributed by atoms with E-state index in [1.54, 1.807) is 7.11 Å². The average Bonchev–Trinajstić information content (AvgIpc) is 2.75. The largest absolute Gasteiger partial charge is 0.497 e. The molecule has 144 valence electrons. The molecule has 3 aromatic carbocycles. The molecular weight excluding hydrogens is 496 g/mol. The van der Waals surface area contributed by atoms with E-state index in [1.807, 2.05) is 72.8 Å². The lowest BCUT2D eigenvalue weighted by molar-refractivity contribution is 0.102. The Balaban J connectivity index is 1.81. The zero-order chi connectivity index (χ0) is 20.4. The lowest BCUT2D eigenvalue weighted by Crippen LogP contribution is -2.13. The number of aromatic nitrogens is 1. The normalized spacial score (nSPS) is 10.7. The lowest BCUT2D eigenvalue weighted by atomic mass is 10.0. The molecule has 0 fully saturated rings. The first-order chi connectivity index (χ1) is 14.0. The maximum atomic E-state index is 13.2. The number of methoxy groups -OCH3 is 1. The van der Waals surface area contributed by atoms with Gasteiger partial charge in [-0.05, 0) is 58.4 Å². The number of hydrogen-bond donors (Lipinski definition) is 1. The molecule has 1 aromatic heterocycles. The second-order valence-electron chi connectivity index (χ2n) is 6.38. The van der Waals surface area contributed by atoms with E-state index in [0.717, 1.165) is 31.2 Å². The van der Waals surface area contributed by atoms with Crippen LogP contribution in [0.15, 0.2) is 81.7 Å². The minimum atomic E-state index is -0.198. The van der Waals surface area contributed by atoms with Crippen molar-refractivity contribution in [3.8, 4) is 17.0 Å². The predicted octanol–water partition coefficient (Wildman–Crippen LogP) is 6.69. The number of fused-ring (bicyclic) bond motifs is 1. The average molecular weight is 512 g/mol. The number of para-hydroxylation sites is 1. The quantitative estimate of drug-likeness (QED) is 0.332. The molecule has 0 atom stereocenters. The van der Waals surface area contributed by atoms with Crippen LogP contribution in [-0.4, -0.2) is 18.0 Å². The van der Waals surface area contributed by atoms with Gasteiger partial charge in [0.05, 0.1) is 29.6 Å². The number of hydrogen-bond acceptors (Lipinski definition) is 3. The number of rotatable bonds is 4. The second-order valence-corrected chi connectivity index (χ2v) is 8.15. The lowest BCUT2D eigenvalue weighted by Gasteiger charge is -2.12. The summed E-state index contributed by atoms with van der Waals surface area (Å²) in [5, 5.41) is 3.78. The van der Waals surface area contributed by atoms with Gasteiger partial charge in [-0.3, -0.25) is 4.79 Å². The maximum absolute atomic E-state index is 13.2. The number of ether oxygens (including phenoxy) is 1. The first-order valence-electron chi connectivity index (χ1n) is 8.86. The van der Waals surface area contributed by atoms with Crippen LogP contribution in [0.25, 0.3) is 22.2 Å². The van der Waals surface area contributed by atoms with Crippen LogP contribution in [0.4, 0.5) is 5.69 Å². The Kier molecular flexibility index (Phi) is 5.65. The van der Waals surface area contributed by atoms with Gasteiger partial charge in [-0.25, -0.2) is 4.98 Å². The third-order valence-corrected chi connectivity index (χ3v) is 5.65. The van der Waals surface area contributed by atoms with Gasteiger partial charge in [-0.15, -0.1) is 0 Å². The standard InChI is InChI=1S/C23H16Br2N2O2/c1-29-16-6-4-5-14(11-16)22-13-18(17-7-2-3-8-20(17)26-22)23(28)27-21-10-9-15(24)12-19(21)25/h2-13H,1H3,(H,27,28). The number of benzene rings is 3. The molecule has 0 aliphatic rings. The van der Waals surface area contributed by atoms with Gasteiger partial charge in [0.15, 0.2) is 0 Å². The molecule has 1 amide bonds. The monoisotopic (exact) mass is 510 g/mol. The van der Waals surface area contributed by atoms with E-state index in [2.05, 4.69) is 37.2 Å². The molecule has 0 spiro atoms. The van der Waals surface area contributed by atoms with Crippen LogP contribution in [0.2, 0.25) is 0 Å². The number of pyridine rings is 1. The van der Waals surface area contributed by atoms with E-state index in [9.17, 15) is 4.79 Å². The van der Waals surface area contributed by atoms with Crippen LogP contribution in [0.1, 0.15) is 10.4 Å². The fraction of sp³-hybridized carbons (Fsp3) is 0.0435. The number of amides is 1. The number of carbonyl (C=O) groups is 1. The van der Waals surface area contributed by atoms with Gasteiger partial charge in [0.25, 0.3) is 5.91 Å². The Bertz CT molecular complexity index is 1220. The summed E-state index contributed by atoms with van der Waals surface area (Å²) in [4.78, 5) is 17.9. The number of anilines is 1. The topological polar surface area (TPSA) is 51.2 Å². The summed E-state index contributed by atoms with van der Waals surface area (Å²) in [6.45, 7) is 0. The summed E-state index contributed by atoms with van der Waals surface area (Å²) in [6.07, 6.45) is 0. The van der Waals surface area contributed by atoms with Crippen molar-refractivity contribution in [2.75, 3.05) is 12.4 Å². The van der Waals surface area contributed by atoms with Crippen LogP contribution < -0.4 is 10.1 Å². The van der Waals surface area contributed by atoms with E-state index in [1.165, 1.54) is 0 Å². The van der Waals surface area contributed by atoms with Crippen molar-refractivity contribution < 1.29 is 9.53 Å². The van der Waals surface area contributed by atoms with Crippen LogP contribution in [0, 0.1) is 0 Å². The number of nitrogens with zero attached hydrogens (tertiary/aromatic N) is 1. The molecule has 1 heterocycles. The summed E-state index contributed by atoms with van der Waals surface area (Å²) >= 11 is 6.92. The first-order valence-corrected chi connectivity index (χ1v) is 10.4. The molecule has 0 bridgehead atoms. The molecule has 0 aliphatic heterocycles. The van der Waals surface area contributed by atoms with E-state index in [0.29, 0.717) is 16.9 Å². The van der Waals surface area contributed by atoms with Crippen LogP contribution in [0.5, 0.6) is 5.75 Å². The molecule has 4 nitrogen and oxygen atoms in total. The Hall–Kier alpha value is -2.70. The molecule has 29 heavy (non-hydrogen) atoms. The Labute approximate surface area is 185 Å². The number of carbonyl (C=O) groups excluding carboxylic acids is 1. The van der Waals surface area contributed by atoms with Crippen molar-refractivity contribution in [3.63, 3.8) is 0 Å². The fourth-order valence-electron chi connectivity index (χ4n) is 3.07.